The Kier molecular flexibility index (Phi) is 4.12. The number of carboxylic acids is 1. The molecular weight excluding hydrogens is 295 g/mol. The van der Waals surface area contributed by atoms with E-state index < -0.39 is 28.3 Å². The summed E-state index contributed by atoms with van der Waals surface area (Å²) in [6.45, 7) is 0. The van der Waals surface area contributed by atoms with Crippen LogP contribution in [0.2, 0.25) is 0 Å². The minimum Gasteiger partial charge on any atom is -0.478 e. The fourth-order valence-electron chi connectivity index (χ4n) is 1.75. The van der Waals surface area contributed by atoms with Crippen molar-refractivity contribution in [1.29, 1.82) is 0 Å². The van der Waals surface area contributed by atoms with Crippen LogP contribution in [0.25, 0.3) is 0 Å². The van der Waals surface area contributed by atoms with Gasteiger partial charge >= 0.3 is 5.97 Å². The molecule has 0 spiro atoms. The number of carboxylic acid groups (broad SMARTS) is 1. The second kappa shape index (κ2) is 6.00. The molecule has 0 heterocycles. The maximum atomic E-state index is 12.8. The summed E-state index contributed by atoms with van der Waals surface area (Å²) in [5.41, 5.74) is -0.903. The first-order valence-corrected chi connectivity index (χ1v) is 5.97. The third-order valence-corrected chi connectivity index (χ3v) is 2.79. The first kappa shape index (κ1) is 15.1. The topological polar surface area (TPSA) is 110 Å². The first-order valence-electron chi connectivity index (χ1n) is 5.97. The summed E-state index contributed by atoms with van der Waals surface area (Å²) in [4.78, 5) is 33.2. The van der Waals surface area contributed by atoms with Crippen molar-refractivity contribution in [3.63, 3.8) is 0 Å². The molecule has 2 aromatic rings. The predicted molar refractivity (Wildman–Crippen MR) is 74.4 cm³/mol. The third-order valence-electron chi connectivity index (χ3n) is 2.79. The van der Waals surface area contributed by atoms with E-state index in [0.717, 1.165) is 30.3 Å². The van der Waals surface area contributed by atoms with Gasteiger partial charge in [0.15, 0.2) is 0 Å². The number of rotatable bonds is 4. The zero-order chi connectivity index (χ0) is 16.3. The van der Waals surface area contributed by atoms with Gasteiger partial charge in [-0.1, -0.05) is 0 Å². The molecule has 0 unspecified atom stereocenters. The number of nitrogens with one attached hydrogen (secondary N) is 1. The van der Waals surface area contributed by atoms with Crippen LogP contribution in [0, 0.1) is 15.9 Å². The highest BCUT2D eigenvalue weighted by molar-refractivity contribution is 6.11. The second-order valence-corrected chi connectivity index (χ2v) is 4.25. The Balaban J connectivity index is 2.38. The fraction of sp³-hybridized carbons (Fsp3) is 0. The van der Waals surface area contributed by atoms with Gasteiger partial charge < -0.3 is 10.4 Å². The number of hydrogen-bond donors (Lipinski definition) is 2. The van der Waals surface area contributed by atoms with Gasteiger partial charge in [-0.15, -0.1) is 0 Å². The van der Waals surface area contributed by atoms with Crippen molar-refractivity contribution in [2.24, 2.45) is 0 Å². The Morgan fingerprint density at radius 1 is 1.09 bits per heavy atom. The van der Waals surface area contributed by atoms with Crippen LogP contribution < -0.4 is 5.32 Å². The van der Waals surface area contributed by atoms with E-state index in [1.54, 1.807) is 0 Å². The van der Waals surface area contributed by atoms with Crippen molar-refractivity contribution in [1.82, 2.24) is 0 Å². The number of hydrogen-bond acceptors (Lipinski definition) is 4. The summed E-state index contributed by atoms with van der Waals surface area (Å²) in [5.74, 6) is -2.73. The summed E-state index contributed by atoms with van der Waals surface area (Å²) in [6, 6.07) is 7.65. The van der Waals surface area contributed by atoms with Gasteiger partial charge in [-0.25, -0.2) is 9.18 Å². The van der Waals surface area contributed by atoms with Crippen LogP contribution in [0.4, 0.5) is 15.8 Å². The van der Waals surface area contributed by atoms with E-state index >= 15 is 0 Å². The number of aromatic carboxylic acids is 1. The second-order valence-electron chi connectivity index (χ2n) is 4.25. The number of anilines is 1. The lowest BCUT2D eigenvalue weighted by molar-refractivity contribution is -0.384. The van der Waals surface area contributed by atoms with Crippen LogP contribution in [0.3, 0.4) is 0 Å². The number of nitro groups is 1. The number of carbonyl (C=O) groups excluding carboxylic acids is 1. The average Bonchev–Trinajstić information content (AvgIpc) is 2.48. The van der Waals surface area contributed by atoms with Crippen LogP contribution in [-0.2, 0) is 0 Å². The van der Waals surface area contributed by atoms with Crippen LogP contribution in [-0.4, -0.2) is 21.9 Å². The molecule has 0 saturated heterocycles. The van der Waals surface area contributed by atoms with Gasteiger partial charge in [0, 0.05) is 17.8 Å². The van der Waals surface area contributed by atoms with Crippen molar-refractivity contribution < 1.29 is 24.0 Å². The molecule has 0 radical (unpaired) electrons. The number of nitro benzene ring substituents is 1. The van der Waals surface area contributed by atoms with Crippen molar-refractivity contribution in [2.45, 2.75) is 0 Å². The Hall–Kier alpha value is -3.29. The summed E-state index contributed by atoms with van der Waals surface area (Å²) < 4.78 is 12.8. The number of carbonyl (C=O) groups is 2. The van der Waals surface area contributed by atoms with Crippen LogP contribution in [0.1, 0.15) is 20.7 Å². The molecule has 7 nitrogen and oxygen atoms in total. The van der Waals surface area contributed by atoms with Crippen molar-refractivity contribution >= 4 is 23.3 Å². The average molecular weight is 304 g/mol. The van der Waals surface area contributed by atoms with E-state index in [1.165, 1.54) is 12.1 Å². The quantitative estimate of drug-likeness (QED) is 0.666. The van der Waals surface area contributed by atoms with Gasteiger partial charge in [0.2, 0.25) is 0 Å². The molecule has 0 aromatic heterocycles. The predicted octanol–water partition coefficient (Wildman–Crippen LogP) is 2.68. The van der Waals surface area contributed by atoms with E-state index in [1.807, 2.05) is 0 Å². The number of amides is 1. The molecular formula is C14H9FN2O5. The Morgan fingerprint density at radius 2 is 1.73 bits per heavy atom. The summed E-state index contributed by atoms with van der Waals surface area (Å²) in [7, 11) is 0. The number of halogens is 1. The normalized spacial score (nSPS) is 10.0. The lowest BCUT2D eigenvalue weighted by atomic mass is 10.1. The van der Waals surface area contributed by atoms with E-state index in [4.69, 9.17) is 5.11 Å². The van der Waals surface area contributed by atoms with E-state index in [0.29, 0.717) is 0 Å². The standard InChI is InChI=1S/C14H9FN2O5/c15-8-1-3-9(4-2-8)16-13(18)12-7-10(17(21)22)5-6-11(12)14(19)20/h1-7H,(H,16,18)(H,19,20). The zero-order valence-corrected chi connectivity index (χ0v) is 10.9. The molecule has 22 heavy (non-hydrogen) atoms. The van der Waals surface area contributed by atoms with E-state index in [-0.39, 0.29) is 16.8 Å². The largest absolute Gasteiger partial charge is 0.478 e. The molecule has 112 valence electrons. The molecule has 2 aromatic carbocycles. The molecule has 1 amide bonds. The molecule has 0 saturated carbocycles. The lowest BCUT2D eigenvalue weighted by Crippen LogP contribution is -2.16. The molecule has 0 aliphatic heterocycles. The van der Waals surface area contributed by atoms with Crippen LogP contribution in [0.5, 0.6) is 0 Å². The third kappa shape index (κ3) is 3.23. The molecule has 8 heteroatoms. The molecule has 0 bridgehead atoms. The highest BCUT2D eigenvalue weighted by Gasteiger charge is 2.20. The van der Waals surface area contributed by atoms with E-state index in [9.17, 15) is 24.1 Å². The number of benzene rings is 2. The molecule has 0 fully saturated rings. The lowest BCUT2D eigenvalue weighted by Gasteiger charge is -2.08. The van der Waals surface area contributed by atoms with Crippen LogP contribution >= 0.6 is 0 Å². The molecule has 0 aliphatic rings. The first-order chi connectivity index (χ1) is 10.4. The van der Waals surface area contributed by atoms with Gasteiger partial charge in [0.05, 0.1) is 16.1 Å². The number of non-ortho nitro benzene ring substituents is 1. The van der Waals surface area contributed by atoms with Gasteiger partial charge in [0.1, 0.15) is 5.82 Å². The molecule has 2 rings (SSSR count). The van der Waals surface area contributed by atoms with Crippen molar-refractivity contribution in [3.8, 4) is 0 Å². The minimum absolute atomic E-state index is 0.231. The maximum Gasteiger partial charge on any atom is 0.336 e. The maximum absolute atomic E-state index is 12.8. The smallest absolute Gasteiger partial charge is 0.336 e. The Labute approximate surface area is 123 Å². The SMILES string of the molecule is O=C(O)c1ccc([N+](=O)[O-])cc1C(=O)Nc1ccc(F)cc1. The molecule has 0 atom stereocenters. The summed E-state index contributed by atoms with van der Waals surface area (Å²) >= 11 is 0. The fourth-order valence-corrected chi connectivity index (χ4v) is 1.75. The highest BCUT2D eigenvalue weighted by atomic mass is 19.1. The number of nitrogens with zero attached hydrogens (tertiary/aromatic N) is 1. The Bertz CT molecular complexity index is 758. The van der Waals surface area contributed by atoms with Gasteiger partial charge in [-0.05, 0) is 30.3 Å². The van der Waals surface area contributed by atoms with Gasteiger partial charge in [-0.2, -0.15) is 0 Å². The minimum atomic E-state index is -1.39. The zero-order valence-electron chi connectivity index (χ0n) is 10.9. The van der Waals surface area contributed by atoms with E-state index in [2.05, 4.69) is 5.32 Å². The van der Waals surface area contributed by atoms with Crippen molar-refractivity contribution in [3.05, 3.63) is 69.5 Å². The summed E-state index contributed by atoms with van der Waals surface area (Å²) in [6.07, 6.45) is 0. The monoisotopic (exact) mass is 304 g/mol. The molecule has 0 aliphatic carbocycles. The molecule has 2 N–H and O–H groups in total. The highest BCUT2D eigenvalue weighted by Crippen LogP contribution is 2.20. The van der Waals surface area contributed by atoms with Crippen LogP contribution in [0.15, 0.2) is 42.5 Å². The summed E-state index contributed by atoms with van der Waals surface area (Å²) in [5, 5.41) is 22.1. The Morgan fingerprint density at radius 3 is 2.27 bits per heavy atom. The van der Waals surface area contributed by atoms with Gasteiger partial charge in [-0.3, -0.25) is 14.9 Å². The van der Waals surface area contributed by atoms with Gasteiger partial charge in [0.25, 0.3) is 11.6 Å². The van der Waals surface area contributed by atoms with Crippen molar-refractivity contribution in [2.75, 3.05) is 5.32 Å².